The van der Waals surface area contributed by atoms with Crippen LogP contribution in [0.5, 0.6) is 0 Å². The van der Waals surface area contributed by atoms with E-state index < -0.39 is 5.97 Å². The maximum Gasteiger partial charge on any atom is 0.355 e. The minimum atomic E-state index is -0.458. The third-order valence-electron chi connectivity index (χ3n) is 6.13. The number of aromatic nitrogens is 1. The first-order valence-electron chi connectivity index (χ1n) is 11.3. The van der Waals surface area contributed by atoms with Crippen LogP contribution in [0.2, 0.25) is 0 Å². The summed E-state index contributed by atoms with van der Waals surface area (Å²) in [5, 5.41) is 3.97. The van der Waals surface area contributed by atoms with Gasteiger partial charge in [-0.2, -0.15) is 0 Å². The third-order valence-corrected chi connectivity index (χ3v) is 6.13. The van der Waals surface area contributed by atoms with E-state index in [0.717, 1.165) is 37.1 Å². The molecule has 1 aromatic heterocycles. The Balaban J connectivity index is 1.75. The van der Waals surface area contributed by atoms with Crippen molar-refractivity contribution >= 4 is 16.9 Å². The number of nitrogens with one attached hydrogen (secondary N) is 2. The lowest BCUT2D eigenvalue weighted by Gasteiger charge is -2.23. The highest BCUT2D eigenvalue weighted by atomic mass is 16.5. The first-order valence-corrected chi connectivity index (χ1v) is 11.3. The molecule has 0 atom stereocenters. The highest BCUT2D eigenvalue weighted by Gasteiger charge is 2.23. The van der Waals surface area contributed by atoms with E-state index in [0.29, 0.717) is 41.0 Å². The second kappa shape index (κ2) is 10.1. The summed E-state index contributed by atoms with van der Waals surface area (Å²) in [4.78, 5) is 31.7. The highest BCUT2D eigenvalue weighted by Crippen LogP contribution is 2.25. The first kappa shape index (κ1) is 22.2. The number of hydrogen-bond donors (Lipinski definition) is 2. The fourth-order valence-corrected chi connectivity index (χ4v) is 4.28. The van der Waals surface area contributed by atoms with Crippen LogP contribution in [0.15, 0.2) is 53.3 Å². The van der Waals surface area contributed by atoms with Gasteiger partial charge in [-0.1, -0.05) is 36.4 Å². The number of carbonyl (C=O) groups excluding carboxylic acids is 1. The summed E-state index contributed by atoms with van der Waals surface area (Å²) >= 11 is 0. The van der Waals surface area contributed by atoms with Gasteiger partial charge < -0.3 is 19.9 Å². The Morgan fingerprint density at radius 2 is 1.81 bits per heavy atom. The zero-order chi connectivity index (χ0) is 22.5. The van der Waals surface area contributed by atoms with Crippen molar-refractivity contribution in [2.45, 2.75) is 19.3 Å². The Hall–Kier alpha value is -2.96. The molecule has 0 amide bonds. The van der Waals surface area contributed by atoms with Crippen LogP contribution in [-0.2, 0) is 11.2 Å². The predicted molar refractivity (Wildman–Crippen MR) is 128 cm³/mol. The number of nitrogens with zero attached hydrogens (tertiary/aromatic N) is 1. The van der Waals surface area contributed by atoms with Gasteiger partial charge in [0.25, 0.3) is 0 Å². The monoisotopic (exact) mass is 433 g/mol. The van der Waals surface area contributed by atoms with Crippen LogP contribution in [0.25, 0.3) is 22.0 Å². The number of aromatic amines is 1. The number of piperidine rings is 1. The van der Waals surface area contributed by atoms with E-state index in [1.54, 1.807) is 0 Å². The molecular formula is C26H31N3O3. The number of likely N-dealkylation sites (N-methyl/N-ethyl adjacent to an activating group) is 1. The molecule has 1 fully saturated rings. The second-order valence-electron chi connectivity index (χ2n) is 8.77. The van der Waals surface area contributed by atoms with Crippen molar-refractivity contribution in [2.75, 3.05) is 40.3 Å². The topological polar surface area (TPSA) is 74.4 Å². The number of benzene rings is 2. The lowest BCUT2D eigenvalue weighted by Crippen LogP contribution is -2.31. The Kier molecular flexibility index (Phi) is 7.02. The minimum Gasteiger partial charge on any atom is -0.460 e. The minimum absolute atomic E-state index is 0.0727. The summed E-state index contributed by atoms with van der Waals surface area (Å²) in [6, 6.07) is 15.8. The van der Waals surface area contributed by atoms with Crippen molar-refractivity contribution in [3.8, 4) is 11.1 Å². The Morgan fingerprint density at radius 3 is 2.53 bits per heavy atom. The van der Waals surface area contributed by atoms with E-state index in [1.807, 2.05) is 67.5 Å². The summed E-state index contributed by atoms with van der Waals surface area (Å²) in [6.07, 6.45) is 2.59. The molecule has 6 heteroatoms. The first-order chi connectivity index (χ1) is 15.5. The molecule has 6 nitrogen and oxygen atoms in total. The molecule has 0 bridgehead atoms. The predicted octanol–water partition coefficient (Wildman–Crippen LogP) is 3.46. The van der Waals surface area contributed by atoms with Gasteiger partial charge in [-0.15, -0.1) is 0 Å². The quantitative estimate of drug-likeness (QED) is 0.558. The molecule has 0 saturated carbocycles. The van der Waals surface area contributed by atoms with Gasteiger partial charge in [0, 0.05) is 17.5 Å². The SMILES string of the molecule is CN(C)CCOC(=O)c1[nH]c2cc(-c3ccccc3)ccc2c(=O)c1CC1CCNCC1. The highest BCUT2D eigenvalue weighted by molar-refractivity contribution is 5.94. The van der Waals surface area contributed by atoms with Crippen molar-refractivity contribution in [1.29, 1.82) is 0 Å². The van der Waals surface area contributed by atoms with Crippen LogP contribution in [0.4, 0.5) is 0 Å². The molecule has 168 valence electrons. The van der Waals surface area contributed by atoms with Crippen LogP contribution in [0.1, 0.15) is 28.9 Å². The van der Waals surface area contributed by atoms with E-state index in [9.17, 15) is 9.59 Å². The van der Waals surface area contributed by atoms with Crippen LogP contribution in [0, 0.1) is 5.92 Å². The molecule has 2 aromatic carbocycles. The van der Waals surface area contributed by atoms with Crippen molar-refractivity contribution in [3.63, 3.8) is 0 Å². The Bertz CT molecular complexity index is 1130. The normalized spacial score (nSPS) is 14.7. The number of hydrogen-bond acceptors (Lipinski definition) is 5. The van der Waals surface area contributed by atoms with Gasteiger partial charge in [0.1, 0.15) is 12.3 Å². The number of esters is 1. The van der Waals surface area contributed by atoms with Crippen molar-refractivity contribution in [1.82, 2.24) is 15.2 Å². The van der Waals surface area contributed by atoms with Crippen LogP contribution < -0.4 is 10.7 Å². The fourth-order valence-electron chi connectivity index (χ4n) is 4.28. The van der Waals surface area contributed by atoms with Crippen molar-refractivity contribution in [3.05, 3.63) is 70.0 Å². The smallest absolute Gasteiger partial charge is 0.355 e. The summed E-state index contributed by atoms with van der Waals surface area (Å²) < 4.78 is 5.52. The van der Waals surface area contributed by atoms with Crippen molar-refractivity contribution < 1.29 is 9.53 Å². The van der Waals surface area contributed by atoms with E-state index >= 15 is 0 Å². The van der Waals surface area contributed by atoms with E-state index in [-0.39, 0.29) is 12.0 Å². The molecule has 0 radical (unpaired) electrons. The maximum absolute atomic E-state index is 13.5. The molecule has 0 unspecified atom stereocenters. The zero-order valence-electron chi connectivity index (χ0n) is 18.8. The molecule has 1 aliphatic rings. The molecule has 3 aromatic rings. The number of rotatable bonds is 7. The van der Waals surface area contributed by atoms with E-state index in [4.69, 9.17) is 4.74 Å². The molecule has 2 N–H and O–H groups in total. The molecule has 2 heterocycles. The fraction of sp³-hybridized carbons (Fsp3) is 0.385. The van der Waals surface area contributed by atoms with Crippen LogP contribution in [-0.4, -0.2) is 56.2 Å². The zero-order valence-corrected chi connectivity index (χ0v) is 18.8. The van der Waals surface area contributed by atoms with Gasteiger partial charge in [-0.25, -0.2) is 4.79 Å². The molecule has 1 aliphatic heterocycles. The van der Waals surface area contributed by atoms with Gasteiger partial charge in [-0.05, 0) is 75.6 Å². The lowest BCUT2D eigenvalue weighted by molar-refractivity contribution is 0.0473. The molecule has 0 aliphatic carbocycles. The number of fused-ring (bicyclic) bond motifs is 1. The van der Waals surface area contributed by atoms with Crippen LogP contribution in [0.3, 0.4) is 0 Å². The van der Waals surface area contributed by atoms with E-state index in [2.05, 4.69) is 10.3 Å². The number of pyridine rings is 1. The van der Waals surface area contributed by atoms with Gasteiger partial charge in [0.2, 0.25) is 0 Å². The van der Waals surface area contributed by atoms with Gasteiger partial charge in [0.15, 0.2) is 5.43 Å². The average molecular weight is 434 g/mol. The number of ether oxygens (including phenoxy) is 1. The van der Waals surface area contributed by atoms with Gasteiger partial charge in [0.05, 0.1) is 5.52 Å². The Labute approximate surface area is 188 Å². The standard InChI is InChI=1S/C26H31N3O3/c1-29(2)14-15-32-26(31)24-22(16-18-10-12-27-13-11-18)25(30)21-9-8-20(17-23(21)28-24)19-6-4-3-5-7-19/h3-9,17-18,27H,10-16H2,1-2H3,(H,28,30). The number of H-pyrrole nitrogens is 1. The molecule has 32 heavy (non-hydrogen) atoms. The summed E-state index contributed by atoms with van der Waals surface area (Å²) in [5.41, 5.74) is 3.48. The largest absolute Gasteiger partial charge is 0.460 e. The summed E-state index contributed by atoms with van der Waals surface area (Å²) in [7, 11) is 3.86. The number of carbonyl (C=O) groups is 1. The molecular weight excluding hydrogens is 402 g/mol. The third kappa shape index (κ3) is 5.09. The van der Waals surface area contributed by atoms with Gasteiger partial charge >= 0.3 is 5.97 Å². The second-order valence-corrected chi connectivity index (χ2v) is 8.77. The van der Waals surface area contributed by atoms with Gasteiger partial charge in [-0.3, -0.25) is 4.79 Å². The average Bonchev–Trinajstić information content (AvgIpc) is 2.81. The molecule has 0 spiro atoms. The van der Waals surface area contributed by atoms with Crippen LogP contribution >= 0.6 is 0 Å². The van der Waals surface area contributed by atoms with Crippen molar-refractivity contribution in [2.24, 2.45) is 5.92 Å². The van der Waals surface area contributed by atoms with E-state index in [1.165, 1.54) is 0 Å². The summed E-state index contributed by atoms with van der Waals surface area (Å²) in [5.74, 6) is -0.0772. The molecule has 1 saturated heterocycles. The summed E-state index contributed by atoms with van der Waals surface area (Å²) in [6.45, 7) is 2.80. The molecule has 4 rings (SSSR count). The lowest BCUT2D eigenvalue weighted by atomic mass is 9.89. The maximum atomic E-state index is 13.5. The Morgan fingerprint density at radius 1 is 1.06 bits per heavy atom.